The van der Waals surface area contributed by atoms with Gasteiger partial charge in [0.05, 0.1) is 36.6 Å². The van der Waals surface area contributed by atoms with E-state index >= 15 is 0 Å². The zero-order chi connectivity index (χ0) is 14.8. The van der Waals surface area contributed by atoms with E-state index < -0.39 is 0 Å². The van der Waals surface area contributed by atoms with Crippen LogP contribution in [0.1, 0.15) is 66.7 Å². The number of fused-ring (bicyclic) bond motifs is 3. The summed E-state index contributed by atoms with van der Waals surface area (Å²) in [4.78, 5) is 0. The maximum Gasteiger partial charge on any atom is 0.0807 e. The first-order valence-electron chi connectivity index (χ1n) is 8.28. The summed E-state index contributed by atoms with van der Waals surface area (Å²) in [6, 6.07) is 0. The Morgan fingerprint density at radius 2 is 1.50 bits per heavy atom. The van der Waals surface area contributed by atoms with Crippen molar-refractivity contribution in [1.82, 2.24) is 0 Å². The van der Waals surface area contributed by atoms with Crippen molar-refractivity contribution in [3.05, 3.63) is 0 Å². The summed E-state index contributed by atoms with van der Waals surface area (Å²) in [5.74, 6) is 0.823. The molecule has 0 amide bonds. The van der Waals surface area contributed by atoms with E-state index in [1.165, 1.54) is 32.1 Å². The summed E-state index contributed by atoms with van der Waals surface area (Å²) in [6.45, 7) is 12.9. The van der Waals surface area contributed by atoms with Crippen LogP contribution in [0.3, 0.4) is 0 Å². The van der Waals surface area contributed by atoms with Crippen LogP contribution in [-0.2, 0) is 14.2 Å². The van der Waals surface area contributed by atoms with Gasteiger partial charge in [-0.05, 0) is 65.7 Å². The monoisotopic (exact) mass is 284 g/mol. The lowest BCUT2D eigenvalue weighted by atomic mass is 9.69. The molecule has 0 N–H and O–H groups in total. The van der Waals surface area contributed by atoms with Crippen molar-refractivity contribution in [3.63, 3.8) is 0 Å². The second-order valence-corrected chi connectivity index (χ2v) is 7.44. The van der Waals surface area contributed by atoms with Crippen molar-refractivity contribution in [2.24, 2.45) is 5.92 Å². The lowest BCUT2D eigenvalue weighted by molar-refractivity contribution is -0.229. The standard InChI is InChI=1S/C10H18O.C4H8O.C3H6O/c1-9(2)8-4-6-10(3,11-9)7-5-8;1-2-4-3-5-4;1-3-2-4-3/h8H,4-7H2,1-3H3;4H,2-3H2,1H3;3H,2H2,1H3. The molecule has 1 saturated carbocycles. The molecule has 4 saturated heterocycles. The molecule has 4 aliphatic heterocycles. The fraction of sp³-hybridized carbons (Fsp3) is 1.00. The van der Waals surface area contributed by atoms with E-state index in [-0.39, 0.29) is 11.2 Å². The predicted molar refractivity (Wildman–Crippen MR) is 81.0 cm³/mol. The molecule has 0 spiro atoms. The Bertz CT molecular complexity index is 295. The summed E-state index contributed by atoms with van der Waals surface area (Å²) in [7, 11) is 0. The van der Waals surface area contributed by atoms with Gasteiger partial charge in [0, 0.05) is 0 Å². The van der Waals surface area contributed by atoms with Crippen molar-refractivity contribution in [3.8, 4) is 0 Å². The third-order valence-corrected chi connectivity index (χ3v) is 4.89. The molecule has 4 heterocycles. The van der Waals surface area contributed by atoms with Crippen molar-refractivity contribution < 1.29 is 14.2 Å². The first-order chi connectivity index (χ1) is 9.35. The van der Waals surface area contributed by atoms with Gasteiger partial charge in [0.2, 0.25) is 0 Å². The van der Waals surface area contributed by atoms with Gasteiger partial charge in [0.25, 0.3) is 0 Å². The van der Waals surface area contributed by atoms with E-state index in [1.54, 1.807) is 0 Å². The average Bonchev–Trinajstić information content (AvgIpc) is 3.23. The molecular weight excluding hydrogens is 252 g/mol. The molecule has 0 aromatic carbocycles. The van der Waals surface area contributed by atoms with Crippen molar-refractivity contribution in [1.29, 1.82) is 0 Å². The number of hydrogen-bond donors (Lipinski definition) is 0. The molecule has 2 atom stereocenters. The second kappa shape index (κ2) is 6.33. The SMILES string of the molecule is CC12CCC(CC1)C(C)(C)O2.CC1CO1.CCC1CO1. The molecule has 5 aliphatic rings. The largest absolute Gasteiger partial charge is 0.373 e. The van der Waals surface area contributed by atoms with E-state index in [4.69, 9.17) is 14.2 Å². The van der Waals surface area contributed by atoms with Gasteiger partial charge >= 0.3 is 0 Å². The highest BCUT2D eigenvalue weighted by Gasteiger charge is 2.48. The molecule has 1 aliphatic carbocycles. The summed E-state index contributed by atoms with van der Waals surface area (Å²) in [6.07, 6.45) is 7.73. The minimum absolute atomic E-state index is 0.158. The number of rotatable bonds is 1. The molecule has 0 aromatic rings. The van der Waals surface area contributed by atoms with Crippen LogP contribution in [0.4, 0.5) is 0 Å². The summed E-state index contributed by atoms with van der Waals surface area (Å²) < 4.78 is 15.6. The predicted octanol–water partition coefficient (Wildman–Crippen LogP) is 3.94. The molecule has 3 nitrogen and oxygen atoms in total. The Balaban J connectivity index is 0.000000134. The third kappa shape index (κ3) is 5.01. The van der Waals surface area contributed by atoms with Gasteiger partial charge in [0.1, 0.15) is 0 Å². The molecule has 5 fully saturated rings. The van der Waals surface area contributed by atoms with Crippen LogP contribution in [-0.4, -0.2) is 36.6 Å². The Kier molecular flexibility index (Phi) is 5.14. The summed E-state index contributed by atoms with van der Waals surface area (Å²) >= 11 is 0. The van der Waals surface area contributed by atoms with Gasteiger partial charge in [-0.1, -0.05) is 6.92 Å². The minimum Gasteiger partial charge on any atom is -0.373 e. The Labute approximate surface area is 124 Å². The molecule has 2 unspecified atom stereocenters. The molecule has 20 heavy (non-hydrogen) atoms. The highest BCUT2D eigenvalue weighted by molar-refractivity contribution is 4.97. The van der Waals surface area contributed by atoms with E-state index in [0.717, 1.165) is 19.1 Å². The van der Waals surface area contributed by atoms with Crippen molar-refractivity contribution >= 4 is 0 Å². The quantitative estimate of drug-likeness (QED) is 0.684. The van der Waals surface area contributed by atoms with Crippen LogP contribution >= 0.6 is 0 Å². The molecule has 5 rings (SSSR count). The number of ether oxygens (including phenoxy) is 3. The fourth-order valence-corrected chi connectivity index (χ4v) is 3.14. The van der Waals surface area contributed by atoms with Crippen molar-refractivity contribution in [2.45, 2.75) is 90.1 Å². The normalized spacial score (nSPS) is 42.8. The topological polar surface area (TPSA) is 34.3 Å². The molecule has 0 aromatic heterocycles. The van der Waals surface area contributed by atoms with E-state index in [1.807, 2.05) is 0 Å². The third-order valence-electron chi connectivity index (χ3n) is 4.89. The Morgan fingerprint density at radius 1 is 1.00 bits per heavy atom. The molecular formula is C17H32O3. The maximum atomic E-state index is 6.06. The van der Waals surface area contributed by atoms with Crippen LogP contribution in [0.5, 0.6) is 0 Å². The van der Waals surface area contributed by atoms with Gasteiger partial charge in [0.15, 0.2) is 0 Å². The van der Waals surface area contributed by atoms with Gasteiger partial charge < -0.3 is 14.2 Å². The average molecular weight is 284 g/mol. The fourth-order valence-electron chi connectivity index (χ4n) is 3.14. The Morgan fingerprint density at radius 3 is 1.65 bits per heavy atom. The van der Waals surface area contributed by atoms with Crippen molar-refractivity contribution in [2.75, 3.05) is 13.2 Å². The van der Waals surface area contributed by atoms with E-state index in [9.17, 15) is 0 Å². The Hall–Kier alpha value is -0.120. The van der Waals surface area contributed by atoms with Crippen LogP contribution < -0.4 is 0 Å². The zero-order valence-electron chi connectivity index (χ0n) is 13.9. The van der Waals surface area contributed by atoms with Crippen LogP contribution in [0.25, 0.3) is 0 Å². The van der Waals surface area contributed by atoms with Crippen LogP contribution in [0.15, 0.2) is 0 Å². The first-order valence-corrected chi connectivity index (χ1v) is 8.28. The number of hydrogen-bond acceptors (Lipinski definition) is 3. The molecule has 2 bridgehead atoms. The zero-order valence-corrected chi connectivity index (χ0v) is 13.9. The minimum atomic E-state index is 0.158. The summed E-state index contributed by atoms with van der Waals surface area (Å²) in [5, 5.41) is 0. The van der Waals surface area contributed by atoms with Crippen LogP contribution in [0.2, 0.25) is 0 Å². The number of epoxide rings is 2. The van der Waals surface area contributed by atoms with E-state index in [2.05, 4.69) is 34.6 Å². The lowest BCUT2D eigenvalue weighted by Crippen LogP contribution is -2.53. The van der Waals surface area contributed by atoms with E-state index in [0.29, 0.717) is 12.2 Å². The van der Waals surface area contributed by atoms with Gasteiger partial charge in [-0.15, -0.1) is 0 Å². The van der Waals surface area contributed by atoms with Gasteiger partial charge in [-0.2, -0.15) is 0 Å². The summed E-state index contributed by atoms with van der Waals surface area (Å²) in [5.41, 5.74) is 0.378. The second-order valence-electron chi connectivity index (χ2n) is 7.44. The first kappa shape index (κ1) is 16.3. The highest BCUT2D eigenvalue weighted by atomic mass is 16.6. The lowest BCUT2D eigenvalue weighted by Gasteiger charge is -2.54. The van der Waals surface area contributed by atoms with Gasteiger partial charge in [-0.3, -0.25) is 0 Å². The van der Waals surface area contributed by atoms with Gasteiger partial charge in [-0.25, -0.2) is 0 Å². The molecule has 118 valence electrons. The highest BCUT2D eigenvalue weighted by Crippen LogP contribution is 2.49. The molecule has 0 radical (unpaired) electrons. The smallest absolute Gasteiger partial charge is 0.0807 e. The van der Waals surface area contributed by atoms with Crippen LogP contribution in [0, 0.1) is 5.92 Å². The molecule has 3 heteroatoms. The maximum absolute atomic E-state index is 6.06.